The van der Waals surface area contributed by atoms with E-state index in [9.17, 15) is 14.0 Å². The minimum absolute atomic E-state index is 0.00735. The fraction of sp³-hybridized carbons (Fsp3) is 0.375. The van der Waals surface area contributed by atoms with Crippen LogP contribution in [0, 0.1) is 11.7 Å². The van der Waals surface area contributed by atoms with Crippen molar-refractivity contribution in [3.63, 3.8) is 0 Å². The molecule has 5 nitrogen and oxygen atoms in total. The number of carbonyl (C=O) groups is 2. The van der Waals surface area contributed by atoms with Crippen LogP contribution in [0.3, 0.4) is 0 Å². The average Bonchev–Trinajstić information content (AvgIpc) is 3.24. The zero-order chi connectivity index (χ0) is 26.2. The second-order valence-corrected chi connectivity index (χ2v) is 10.6. The summed E-state index contributed by atoms with van der Waals surface area (Å²) in [7, 11) is 0. The molecule has 2 bridgehead atoms. The summed E-state index contributed by atoms with van der Waals surface area (Å²) >= 11 is 0. The Kier molecular flexibility index (Phi) is 6.64. The Morgan fingerprint density at radius 2 is 1.55 bits per heavy atom. The number of hydrogen-bond donors (Lipinski definition) is 0. The normalized spacial score (nSPS) is 21.9. The number of fused-ring (bicyclic) bond motifs is 5. The maximum absolute atomic E-state index is 14.7. The number of nitrogens with zero attached hydrogens (tertiary/aromatic N) is 1. The second kappa shape index (κ2) is 10.2. The van der Waals surface area contributed by atoms with Gasteiger partial charge in [0, 0.05) is 30.0 Å². The first kappa shape index (κ1) is 24.7. The van der Waals surface area contributed by atoms with Crippen molar-refractivity contribution < 1.29 is 23.5 Å². The number of hydrogen-bond acceptors (Lipinski definition) is 4. The standard InChI is InChI=1S/C32H32FNO4/c1-2-37-23-14-15-28(30(33)18-23)31(35)20-16-21-8-7-9-22(17-20)34(21)32(36)38-19-29-26-12-5-3-10-24(26)25-11-4-6-13-27(25)29/h3-6,10-15,18,20-22,29H,2,7-9,16-17,19H2,1H3. The molecule has 6 heteroatoms. The van der Waals surface area contributed by atoms with Gasteiger partial charge in [0.15, 0.2) is 5.78 Å². The lowest BCUT2D eigenvalue weighted by molar-refractivity contribution is 0.00642. The summed E-state index contributed by atoms with van der Waals surface area (Å²) in [6, 6.07) is 20.9. The molecule has 6 rings (SSSR count). The highest BCUT2D eigenvalue weighted by Crippen LogP contribution is 2.45. The summed E-state index contributed by atoms with van der Waals surface area (Å²) in [5, 5.41) is 0. The average molecular weight is 514 g/mol. The fourth-order valence-corrected chi connectivity index (χ4v) is 6.73. The molecule has 2 saturated heterocycles. The maximum Gasteiger partial charge on any atom is 0.410 e. The van der Waals surface area contributed by atoms with E-state index in [1.165, 1.54) is 34.4 Å². The van der Waals surface area contributed by atoms with E-state index in [2.05, 4.69) is 24.3 Å². The van der Waals surface area contributed by atoms with Crippen molar-refractivity contribution in [2.75, 3.05) is 13.2 Å². The van der Waals surface area contributed by atoms with Gasteiger partial charge in [0.2, 0.25) is 0 Å². The number of amides is 1. The van der Waals surface area contributed by atoms with Gasteiger partial charge < -0.3 is 14.4 Å². The molecule has 3 aromatic carbocycles. The molecule has 1 amide bonds. The Balaban J connectivity index is 1.15. The SMILES string of the molecule is CCOc1ccc(C(=O)C2CC3CCCC(C2)N3C(=O)OCC2c3ccccc3-c3ccccc32)c(F)c1. The molecule has 0 saturated carbocycles. The van der Waals surface area contributed by atoms with Crippen LogP contribution in [-0.2, 0) is 4.74 Å². The van der Waals surface area contributed by atoms with E-state index < -0.39 is 5.82 Å². The van der Waals surface area contributed by atoms with E-state index in [0.29, 0.717) is 25.2 Å². The number of piperidine rings is 2. The van der Waals surface area contributed by atoms with Crippen LogP contribution in [0.5, 0.6) is 5.75 Å². The minimum Gasteiger partial charge on any atom is -0.494 e. The molecule has 1 aliphatic carbocycles. The van der Waals surface area contributed by atoms with Crippen molar-refractivity contribution in [1.29, 1.82) is 0 Å². The predicted octanol–water partition coefficient (Wildman–Crippen LogP) is 6.99. The summed E-state index contributed by atoms with van der Waals surface area (Å²) in [5.41, 5.74) is 4.86. The van der Waals surface area contributed by atoms with Crippen LogP contribution >= 0.6 is 0 Å². The van der Waals surface area contributed by atoms with Crippen molar-refractivity contribution in [3.05, 3.63) is 89.2 Å². The molecule has 0 aromatic heterocycles. The summed E-state index contributed by atoms with van der Waals surface area (Å²) in [4.78, 5) is 28.6. The summed E-state index contributed by atoms with van der Waals surface area (Å²) < 4.78 is 26.1. The topological polar surface area (TPSA) is 55.8 Å². The van der Waals surface area contributed by atoms with E-state index in [0.717, 1.165) is 19.3 Å². The van der Waals surface area contributed by atoms with Crippen molar-refractivity contribution in [2.45, 2.75) is 57.0 Å². The zero-order valence-electron chi connectivity index (χ0n) is 21.6. The van der Waals surface area contributed by atoms with E-state index in [4.69, 9.17) is 9.47 Å². The third kappa shape index (κ3) is 4.36. The molecular formula is C32H32FNO4. The molecule has 3 aliphatic rings. The van der Waals surface area contributed by atoms with Crippen LogP contribution in [0.1, 0.15) is 66.4 Å². The van der Waals surface area contributed by atoms with Crippen LogP contribution in [0.2, 0.25) is 0 Å². The Morgan fingerprint density at radius 3 is 2.16 bits per heavy atom. The number of Topliss-reactive ketones (excluding diaryl/α,β-unsaturated/α-hetero) is 1. The number of ether oxygens (including phenoxy) is 2. The zero-order valence-corrected chi connectivity index (χ0v) is 21.6. The molecule has 0 spiro atoms. The molecule has 2 aliphatic heterocycles. The van der Waals surface area contributed by atoms with Gasteiger partial charge in [-0.25, -0.2) is 9.18 Å². The van der Waals surface area contributed by atoms with Gasteiger partial charge in [-0.3, -0.25) is 4.79 Å². The monoisotopic (exact) mass is 513 g/mol. The van der Waals surface area contributed by atoms with Gasteiger partial charge in [-0.2, -0.15) is 0 Å². The number of ketones is 1. The van der Waals surface area contributed by atoms with E-state index in [1.807, 2.05) is 36.1 Å². The largest absolute Gasteiger partial charge is 0.494 e. The number of rotatable bonds is 6. The summed E-state index contributed by atoms with van der Waals surface area (Å²) in [6.45, 7) is 2.55. The van der Waals surface area contributed by atoms with Gasteiger partial charge in [0.1, 0.15) is 18.2 Å². The fourth-order valence-electron chi connectivity index (χ4n) is 6.73. The van der Waals surface area contributed by atoms with Gasteiger partial charge in [0.25, 0.3) is 0 Å². The highest BCUT2D eigenvalue weighted by molar-refractivity contribution is 5.98. The lowest BCUT2D eigenvalue weighted by Crippen LogP contribution is -2.56. The number of halogens is 1. The van der Waals surface area contributed by atoms with Crippen molar-refractivity contribution >= 4 is 11.9 Å². The van der Waals surface area contributed by atoms with Gasteiger partial charge in [-0.1, -0.05) is 48.5 Å². The van der Waals surface area contributed by atoms with E-state index >= 15 is 0 Å². The lowest BCUT2D eigenvalue weighted by Gasteiger charge is -2.47. The number of benzene rings is 3. The summed E-state index contributed by atoms with van der Waals surface area (Å²) in [5.74, 6) is -0.619. The lowest BCUT2D eigenvalue weighted by atomic mass is 9.76. The third-order valence-electron chi connectivity index (χ3n) is 8.41. The number of carbonyl (C=O) groups excluding carboxylic acids is 2. The molecule has 0 radical (unpaired) electrons. The molecule has 2 heterocycles. The Morgan fingerprint density at radius 1 is 0.921 bits per heavy atom. The van der Waals surface area contributed by atoms with Crippen molar-refractivity contribution in [3.8, 4) is 16.9 Å². The third-order valence-corrected chi connectivity index (χ3v) is 8.41. The van der Waals surface area contributed by atoms with Crippen LogP contribution in [-0.4, -0.2) is 42.1 Å². The van der Waals surface area contributed by atoms with Crippen molar-refractivity contribution in [2.24, 2.45) is 5.92 Å². The molecule has 2 atom stereocenters. The molecule has 196 valence electrons. The minimum atomic E-state index is -0.551. The quantitative estimate of drug-likeness (QED) is 0.334. The molecule has 2 unspecified atom stereocenters. The predicted molar refractivity (Wildman–Crippen MR) is 143 cm³/mol. The van der Waals surface area contributed by atoms with Gasteiger partial charge in [-0.15, -0.1) is 0 Å². The van der Waals surface area contributed by atoms with Gasteiger partial charge in [0.05, 0.1) is 12.2 Å². The molecule has 0 N–H and O–H groups in total. The van der Waals surface area contributed by atoms with Crippen LogP contribution < -0.4 is 4.74 Å². The second-order valence-electron chi connectivity index (χ2n) is 10.6. The maximum atomic E-state index is 14.7. The first-order valence-corrected chi connectivity index (χ1v) is 13.6. The Hall–Kier alpha value is -3.67. The van der Waals surface area contributed by atoms with E-state index in [-0.39, 0.29) is 48.0 Å². The molecule has 3 aromatic rings. The van der Waals surface area contributed by atoms with E-state index in [1.54, 1.807) is 6.07 Å². The Bertz CT molecular complexity index is 1310. The van der Waals surface area contributed by atoms with Gasteiger partial charge in [-0.05, 0) is 73.4 Å². The van der Waals surface area contributed by atoms with Gasteiger partial charge >= 0.3 is 6.09 Å². The highest BCUT2D eigenvalue weighted by Gasteiger charge is 2.44. The molecule has 2 fully saturated rings. The van der Waals surface area contributed by atoms with Crippen LogP contribution in [0.15, 0.2) is 66.7 Å². The summed E-state index contributed by atoms with van der Waals surface area (Å²) in [6.07, 6.45) is 3.44. The Labute approximate surface area is 222 Å². The van der Waals surface area contributed by atoms with Crippen molar-refractivity contribution in [1.82, 2.24) is 4.90 Å². The molecule has 38 heavy (non-hydrogen) atoms. The highest BCUT2D eigenvalue weighted by atomic mass is 19.1. The van der Waals surface area contributed by atoms with Crippen LogP contribution in [0.4, 0.5) is 9.18 Å². The first-order valence-electron chi connectivity index (χ1n) is 13.6. The molecular weight excluding hydrogens is 481 g/mol. The first-order chi connectivity index (χ1) is 18.5. The smallest absolute Gasteiger partial charge is 0.410 e. The van der Waals surface area contributed by atoms with Crippen LogP contribution in [0.25, 0.3) is 11.1 Å².